The van der Waals surface area contributed by atoms with E-state index in [0.717, 1.165) is 42.4 Å². The Labute approximate surface area is 240 Å². The number of ether oxygens (including phenoxy) is 1. The Morgan fingerprint density at radius 2 is 1.98 bits per heavy atom. The fraction of sp³-hybridized carbons (Fsp3) is 0.600. The van der Waals surface area contributed by atoms with Gasteiger partial charge in [-0.25, -0.2) is 4.98 Å². The van der Waals surface area contributed by atoms with Gasteiger partial charge in [-0.2, -0.15) is 10.2 Å². The summed E-state index contributed by atoms with van der Waals surface area (Å²) >= 11 is 0. The van der Waals surface area contributed by atoms with Crippen molar-refractivity contribution in [1.29, 1.82) is 5.26 Å². The van der Waals surface area contributed by atoms with Crippen molar-refractivity contribution in [2.75, 3.05) is 24.8 Å². The summed E-state index contributed by atoms with van der Waals surface area (Å²) in [6.07, 6.45) is 4.68. The van der Waals surface area contributed by atoms with Crippen LogP contribution in [0.25, 0.3) is 0 Å². The van der Waals surface area contributed by atoms with E-state index in [-0.39, 0.29) is 36.3 Å². The number of aromatic nitrogens is 2. The number of nitriles is 1. The van der Waals surface area contributed by atoms with Gasteiger partial charge in [0.15, 0.2) is 8.32 Å². The highest BCUT2D eigenvalue weighted by Crippen LogP contribution is 2.37. The minimum atomic E-state index is -1.89. The Kier molecular flexibility index (Phi) is 12.4. The van der Waals surface area contributed by atoms with Crippen LogP contribution in [-0.2, 0) is 28.5 Å². The van der Waals surface area contributed by atoms with Crippen LogP contribution >= 0.6 is 0 Å². The van der Waals surface area contributed by atoms with Crippen LogP contribution in [-0.4, -0.2) is 49.1 Å². The molecule has 2 aromatic rings. The molecule has 1 atom stereocenters. The summed E-state index contributed by atoms with van der Waals surface area (Å²) in [4.78, 5) is 20.5. The van der Waals surface area contributed by atoms with Crippen LogP contribution in [0, 0.1) is 11.3 Å². The molecular formula is C30H47N5O4Si. The molecule has 0 spiro atoms. The summed E-state index contributed by atoms with van der Waals surface area (Å²) < 4.78 is 12.1. The first-order valence-corrected chi connectivity index (χ1v) is 17.0. The van der Waals surface area contributed by atoms with Crippen molar-refractivity contribution in [3.05, 3.63) is 40.6 Å². The SMILES string of the molecule is CCCCC(CCO[Si](C)(C)C(C)(C)C)Nc1nc(N)nc(CCC(=O)O)c1Cc1cc(CC#N)ccc1OC. The highest BCUT2D eigenvalue weighted by Gasteiger charge is 2.37. The summed E-state index contributed by atoms with van der Waals surface area (Å²) in [7, 11) is -0.278. The lowest BCUT2D eigenvalue weighted by molar-refractivity contribution is -0.136. The number of unbranched alkanes of at least 4 members (excludes halogenated alkanes) is 1. The van der Waals surface area contributed by atoms with Crippen molar-refractivity contribution in [1.82, 2.24) is 9.97 Å². The number of benzene rings is 1. The number of nitrogens with one attached hydrogen (secondary N) is 1. The topological polar surface area (TPSA) is 143 Å². The highest BCUT2D eigenvalue weighted by atomic mass is 28.4. The summed E-state index contributed by atoms with van der Waals surface area (Å²) in [5.74, 6) is 0.478. The summed E-state index contributed by atoms with van der Waals surface area (Å²) in [6, 6.07) is 7.96. The fourth-order valence-corrected chi connectivity index (χ4v) is 5.32. The maximum atomic E-state index is 11.4. The maximum Gasteiger partial charge on any atom is 0.303 e. The van der Waals surface area contributed by atoms with Gasteiger partial charge in [0, 0.05) is 31.1 Å². The van der Waals surface area contributed by atoms with Gasteiger partial charge in [-0.1, -0.05) is 52.7 Å². The lowest BCUT2D eigenvalue weighted by Gasteiger charge is -2.36. The fourth-order valence-electron chi connectivity index (χ4n) is 4.25. The number of anilines is 2. The van der Waals surface area contributed by atoms with E-state index in [2.05, 4.69) is 62.1 Å². The minimum Gasteiger partial charge on any atom is -0.496 e. The van der Waals surface area contributed by atoms with Crippen LogP contribution in [0.3, 0.4) is 0 Å². The number of nitrogen functional groups attached to an aromatic ring is 1. The number of hydrogen-bond donors (Lipinski definition) is 3. The molecule has 1 heterocycles. The number of carboxylic acids is 1. The second-order valence-electron chi connectivity index (χ2n) is 11.8. The molecule has 1 unspecified atom stereocenters. The molecule has 2 rings (SSSR count). The second-order valence-corrected chi connectivity index (χ2v) is 16.6. The number of carboxylic acid groups (broad SMARTS) is 1. The van der Waals surface area contributed by atoms with Gasteiger partial charge in [0.25, 0.3) is 0 Å². The van der Waals surface area contributed by atoms with Gasteiger partial charge in [0.05, 0.1) is 31.7 Å². The summed E-state index contributed by atoms with van der Waals surface area (Å²) in [5.41, 5.74) is 9.27. The third kappa shape index (κ3) is 9.79. The van der Waals surface area contributed by atoms with Gasteiger partial charge in [-0.15, -0.1) is 0 Å². The lowest BCUT2D eigenvalue weighted by atomic mass is 9.97. The molecule has 0 fully saturated rings. The van der Waals surface area contributed by atoms with Gasteiger partial charge >= 0.3 is 5.97 Å². The molecule has 0 bridgehead atoms. The first-order valence-electron chi connectivity index (χ1n) is 14.1. The maximum absolute atomic E-state index is 11.4. The molecule has 40 heavy (non-hydrogen) atoms. The van der Waals surface area contributed by atoms with Gasteiger partial charge in [-0.05, 0) is 48.2 Å². The van der Waals surface area contributed by atoms with E-state index in [1.165, 1.54) is 0 Å². The number of carbonyl (C=O) groups is 1. The van der Waals surface area contributed by atoms with Crippen LogP contribution in [0.2, 0.25) is 18.1 Å². The smallest absolute Gasteiger partial charge is 0.303 e. The number of nitrogens with two attached hydrogens (primary N) is 1. The summed E-state index contributed by atoms with van der Waals surface area (Å²) in [6.45, 7) is 14.0. The standard InChI is InChI=1S/C30H47N5O4Si/c1-8-9-10-23(16-18-39-40(6,7)30(2,3)4)33-28-24(25(12-14-27(36)37)34-29(32)35-28)20-22-19-21(15-17-31)11-13-26(22)38-5/h11,13,19,23H,8-10,12,14-16,18,20H2,1-7H3,(H,36,37)(H3,32,33,34,35). The highest BCUT2D eigenvalue weighted by molar-refractivity contribution is 6.74. The van der Waals surface area contributed by atoms with Gasteiger partial charge < -0.3 is 25.3 Å². The largest absolute Gasteiger partial charge is 0.496 e. The van der Waals surface area contributed by atoms with E-state index in [1.54, 1.807) is 7.11 Å². The number of nitrogens with zero attached hydrogens (tertiary/aromatic N) is 3. The van der Waals surface area contributed by atoms with Crippen molar-refractivity contribution >= 4 is 26.1 Å². The number of aryl methyl sites for hydroxylation is 1. The Bertz CT molecular complexity index is 1170. The van der Waals surface area contributed by atoms with E-state index in [4.69, 9.17) is 14.9 Å². The number of aliphatic carboxylic acids is 1. The van der Waals surface area contributed by atoms with Crippen LogP contribution in [0.15, 0.2) is 18.2 Å². The normalized spacial score (nSPS) is 12.6. The third-order valence-corrected chi connectivity index (χ3v) is 12.2. The molecule has 220 valence electrons. The predicted octanol–water partition coefficient (Wildman–Crippen LogP) is 6.12. The molecule has 0 aliphatic heterocycles. The molecule has 9 nitrogen and oxygen atoms in total. The van der Waals surface area contributed by atoms with Crippen molar-refractivity contribution in [3.8, 4) is 11.8 Å². The van der Waals surface area contributed by atoms with Crippen LogP contribution < -0.4 is 15.8 Å². The minimum absolute atomic E-state index is 0.0753. The van der Waals surface area contributed by atoms with Crippen molar-refractivity contribution < 1.29 is 19.1 Å². The average molecular weight is 570 g/mol. The number of rotatable bonds is 16. The summed E-state index contributed by atoms with van der Waals surface area (Å²) in [5, 5.41) is 22.4. The van der Waals surface area contributed by atoms with Crippen LogP contribution in [0.1, 0.15) is 82.2 Å². The van der Waals surface area contributed by atoms with Crippen molar-refractivity contribution in [2.24, 2.45) is 0 Å². The van der Waals surface area contributed by atoms with Gasteiger partial charge in [0.2, 0.25) is 5.95 Å². The van der Waals surface area contributed by atoms with Gasteiger partial charge in [-0.3, -0.25) is 4.79 Å². The molecule has 0 aliphatic carbocycles. The first-order chi connectivity index (χ1) is 18.8. The molecule has 0 saturated carbocycles. The van der Waals surface area contributed by atoms with Crippen molar-refractivity contribution in [2.45, 2.75) is 103 Å². The van der Waals surface area contributed by atoms with Crippen LogP contribution in [0.4, 0.5) is 11.8 Å². The average Bonchev–Trinajstić information content (AvgIpc) is 2.87. The van der Waals surface area contributed by atoms with E-state index < -0.39 is 14.3 Å². The molecule has 0 saturated heterocycles. The molecule has 4 N–H and O–H groups in total. The zero-order chi connectivity index (χ0) is 29.9. The van der Waals surface area contributed by atoms with Crippen molar-refractivity contribution in [3.63, 3.8) is 0 Å². The molecule has 0 aliphatic rings. The molecule has 0 amide bonds. The quantitative estimate of drug-likeness (QED) is 0.204. The Balaban J connectivity index is 2.47. The van der Waals surface area contributed by atoms with E-state index in [0.29, 0.717) is 30.3 Å². The Morgan fingerprint density at radius 3 is 2.58 bits per heavy atom. The molecular weight excluding hydrogens is 522 g/mol. The van der Waals surface area contributed by atoms with E-state index in [9.17, 15) is 15.2 Å². The molecule has 0 radical (unpaired) electrons. The number of methoxy groups -OCH3 is 1. The zero-order valence-corrected chi connectivity index (χ0v) is 26.3. The van der Waals surface area contributed by atoms with E-state index in [1.807, 2.05) is 18.2 Å². The molecule has 1 aromatic carbocycles. The van der Waals surface area contributed by atoms with Crippen LogP contribution in [0.5, 0.6) is 5.75 Å². The number of hydrogen-bond acceptors (Lipinski definition) is 8. The Morgan fingerprint density at radius 1 is 1.25 bits per heavy atom. The second kappa shape index (κ2) is 15.0. The van der Waals surface area contributed by atoms with E-state index >= 15 is 0 Å². The zero-order valence-electron chi connectivity index (χ0n) is 25.3. The third-order valence-electron chi connectivity index (χ3n) is 7.66. The molecule has 1 aromatic heterocycles. The lowest BCUT2D eigenvalue weighted by Crippen LogP contribution is -2.41. The first kappa shape index (κ1) is 33.0. The monoisotopic (exact) mass is 569 g/mol. The predicted molar refractivity (Wildman–Crippen MR) is 162 cm³/mol. The Hall–Kier alpha value is -3.16. The van der Waals surface area contributed by atoms with Gasteiger partial charge in [0.1, 0.15) is 11.6 Å². The molecule has 10 heteroatoms.